The van der Waals surface area contributed by atoms with Crippen LogP contribution in [0.1, 0.15) is 27.6 Å². The van der Waals surface area contributed by atoms with Crippen LogP contribution in [0.3, 0.4) is 0 Å². The molecule has 18 heavy (non-hydrogen) atoms. The van der Waals surface area contributed by atoms with Crippen LogP contribution in [-0.2, 0) is 0 Å². The summed E-state index contributed by atoms with van der Waals surface area (Å²) in [6, 6.07) is 12.0. The Hall–Kier alpha value is -0.500. The van der Waals surface area contributed by atoms with Crippen molar-refractivity contribution >= 4 is 39.1 Å². The van der Waals surface area contributed by atoms with Gasteiger partial charge in [-0.2, -0.15) is 0 Å². The molecule has 2 rings (SSSR count). The zero-order valence-corrected chi connectivity index (χ0v) is 13.3. The first-order chi connectivity index (χ1) is 8.50. The molecule has 0 heterocycles. The highest BCUT2D eigenvalue weighted by Crippen LogP contribution is 2.38. The number of benzene rings is 2. The van der Waals surface area contributed by atoms with Gasteiger partial charge in [0, 0.05) is 9.50 Å². The molecule has 0 bridgehead atoms. The van der Waals surface area contributed by atoms with Gasteiger partial charge in [0.25, 0.3) is 0 Å². The second-order valence-corrected chi connectivity index (χ2v) is 6.04. The van der Waals surface area contributed by atoms with Crippen molar-refractivity contribution in [3.8, 4) is 0 Å². The Morgan fingerprint density at radius 1 is 1.00 bits per heavy atom. The summed E-state index contributed by atoms with van der Waals surface area (Å²) in [6.45, 7) is 4.12. The van der Waals surface area contributed by atoms with Gasteiger partial charge < -0.3 is 0 Å². The van der Waals surface area contributed by atoms with E-state index in [0.29, 0.717) is 5.02 Å². The van der Waals surface area contributed by atoms with E-state index in [1.165, 1.54) is 11.1 Å². The highest BCUT2D eigenvalue weighted by Gasteiger charge is 2.17. The van der Waals surface area contributed by atoms with E-state index in [-0.39, 0.29) is 5.38 Å². The molecule has 0 aliphatic rings. The smallest absolute Gasteiger partial charge is 0.0860 e. The second-order valence-electron chi connectivity index (χ2n) is 4.34. The maximum Gasteiger partial charge on any atom is 0.0860 e. The number of aryl methyl sites for hydroxylation is 2. The first-order valence-electron chi connectivity index (χ1n) is 5.66. The normalized spacial score (nSPS) is 12.5. The first-order valence-corrected chi connectivity index (χ1v) is 7.26. The van der Waals surface area contributed by atoms with Crippen LogP contribution in [0.4, 0.5) is 0 Å². The monoisotopic (exact) mass is 342 g/mol. The molecule has 0 nitrogen and oxygen atoms in total. The third kappa shape index (κ3) is 2.74. The van der Waals surface area contributed by atoms with Gasteiger partial charge in [-0.1, -0.05) is 51.8 Å². The number of rotatable bonds is 2. The zero-order valence-electron chi connectivity index (χ0n) is 10.2. The number of alkyl halides is 1. The van der Waals surface area contributed by atoms with E-state index in [0.717, 1.165) is 15.6 Å². The molecule has 1 unspecified atom stereocenters. The van der Waals surface area contributed by atoms with Crippen molar-refractivity contribution in [1.82, 2.24) is 0 Å². The van der Waals surface area contributed by atoms with E-state index in [9.17, 15) is 0 Å². The Morgan fingerprint density at radius 3 is 2.28 bits per heavy atom. The Bertz CT molecular complexity index is 579. The molecular formula is C15H13BrCl2. The minimum absolute atomic E-state index is 0.243. The molecule has 94 valence electrons. The molecule has 3 heteroatoms. The third-order valence-corrected chi connectivity index (χ3v) is 4.58. The van der Waals surface area contributed by atoms with E-state index in [4.69, 9.17) is 23.2 Å². The molecule has 0 spiro atoms. The summed E-state index contributed by atoms with van der Waals surface area (Å²) in [4.78, 5) is 0. The summed E-state index contributed by atoms with van der Waals surface area (Å²) in [5.41, 5.74) is 4.37. The molecular weight excluding hydrogens is 331 g/mol. The molecule has 0 saturated heterocycles. The molecule has 0 radical (unpaired) electrons. The molecule has 0 saturated carbocycles. The third-order valence-electron chi connectivity index (χ3n) is 3.06. The molecule has 0 N–H and O–H groups in total. The second kappa shape index (κ2) is 5.64. The molecule has 0 aliphatic heterocycles. The summed E-state index contributed by atoms with van der Waals surface area (Å²) in [7, 11) is 0. The molecule has 1 atom stereocenters. The van der Waals surface area contributed by atoms with Crippen molar-refractivity contribution in [3.05, 3.63) is 68.1 Å². The van der Waals surface area contributed by atoms with E-state index in [1.54, 1.807) is 0 Å². The standard InChI is InChI=1S/C15H13BrCl2/c1-9-7-12(14(17)8-10(9)2)15(18)11-5-3-4-6-13(11)16/h3-8,15H,1-2H3. The van der Waals surface area contributed by atoms with Gasteiger partial charge in [-0.25, -0.2) is 0 Å². The summed E-state index contributed by atoms with van der Waals surface area (Å²) in [5, 5.41) is 0.473. The van der Waals surface area contributed by atoms with Crippen LogP contribution >= 0.6 is 39.1 Å². The Kier molecular flexibility index (Phi) is 4.37. The van der Waals surface area contributed by atoms with Crippen molar-refractivity contribution in [2.75, 3.05) is 0 Å². The highest BCUT2D eigenvalue weighted by atomic mass is 79.9. The quantitative estimate of drug-likeness (QED) is 0.582. The molecule has 0 aromatic heterocycles. The van der Waals surface area contributed by atoms with Gasteiger partial charge in [-0.3, -0.25) is 0 Å². The summed E-state index contributed by atoms with van der Waals surface area (Å²) in [5.74, 6) is 0. The van der Waals surface area contributed by atoms with Crippen molar-refractivity contribution in [3.63, 3.8) is 0 Å². The lowest BCUT2D eigenvalue weighted by molar-refractivity contribution is 1.11. The van der Waals surface area contributed by atoms with Crippen LogP contribution in [0.15, 0.2) is 40.9 Å². The fraction of sp³-hybridized carbons (Fsp3) is 0.200. The number of hydrogen-bond acceptors (Lipinski definition) is 0. The lowest BCUT2D eigenvalue weighted by Crippen LogP contribution is -1.97. The first kappa shape index (κ1) is 13.9. The molecule has 0 amide bonds. The van der Waals surface area contributed by atoms with Crippen LogP contribution < -0.4 is 0 Å². The van der Waals surface area contributed by atoms with Crippen LogP contribution in [0.5, 0.6) is 0 Å². The average molecular weight is 344 g/mol. The number of halogens is 3. The van der Waals surface area contributed by atoms with Crippen LogP contribution in [0, 0.1) is 13.8 Å². The molecule has 0 aliphatic carbocycles. The van der Waals surface area contributed by atoms with Crippen molar-refractivity contribution < 1.29 is 0 Å². The summed E-state index contributed by atoms with van der Waals surface area (Å²) in [6.07, 6.45) is 0. The minimum atomic E-state index is -0.243. The zero-order chi connectivity index (χ0) is 13.3. The van der Waals surface area contributed by atoms with Crippen molar-refractivity contribution in [2.45, 2.75) is 19.2 Å². The highest BCUT2D eigenvalue weighted by molar-refractivity contribution is 9.10. The molecule has 0 fully saturated rings. The summed E-state index contributed by atoms with van der Waals surface area (Å²) >= 11 is 16.4. The van der Waals surface area contributed by atoms with Crippen molar-refractivity contribution in [1.29, 1.82) is 0 Å². The van der Waals surface area contributed by atoms with Gasteiger partial charge in [0.2, 0.25) is 0 Å². The molecule has 2 aromatic rings. The maximum absolute atomic E-state index is 6.55. The topological polar surface area (TPSA) is 0 Å². The fourth-order valence-electron chi connectivity index (χ4n) is 1.85. The van der Waals surface area contributed by atoms with E-state index >= 15 is 0 Å². The van der Waals surface area contributed by atoms with Crippen LogP contribution in [0.2, 0.25) is 5.02 Å². The van der Waals surface area contributed by atoms with Gasteiger partial charge in [-0.05, 0) is 48.2 Å². The van der Waals surface area contributed by atoms with Gasteiger partial charge in [-0.15, -0.1) is 11.6 Å². The lowest BCUT2D eigenvalue weighted by atomic mass is 10.00. The van der Waals surface area contributed by atoms with Gasteiger partial charge in [0.05, 0.1) is 5.38 Å². The van der Waals surface area contributed by atoms with E-state index < -0.39 is 0 Å². The predicted molar refractivity (Wildman–Crippen MR) is 82.8 cm³/mol. The van der Waals surface area contributed by atoms with E-state index in [1.807, 2.05) is 37.3 Å². The van der Waals surface area contributed by atoms with Crippen molar-refractivity contribution in [2.24, 2.45) is 0 Å². The molecule has 2 aromatic carbocycles. The van der Waals surface area contributed by atoms with Gasteiger partial charge in [0.15, 0.2) is 0 Å². The average Bonchev–Trinajstić information content (AvgIpc) is 2.33. The van der Waals surface area contributed by atoms with Gasteiger partial charge in [0.1, 0.15) is 0 Å². The minimum Gasteiger partial charge on any atom is -0.112 e. The summed E-state index contributed by atoms with van der Waals surface area (Å²) < 4.78 is 0.999. The largest absolute Gasteiger partial charge is 0.112 e. The maximum atomic E-state index is 6.55. The predicted octanol–water partition coefficient (Wildman–Crippen LogP) is 6.05. The lowest BCUT2D eigenvalue weighted by Gasteiger charge is -2.15. The fourth-order valence-corrected chi connectivity index (χ4v) is 3.25. The van der Waals surface area contributed by atoms with E-state index in [2.05, 4.69) is 28.9 Å². The number of hydrogen-bond donors (Lipinski definition) is 0. The Morgan fingerprint density at radius 2 is 1.61 bits per heavy atom. The Balaban J connectivity index is 2.50. The van der Waals surface area contributed by atoms with Gasteiger partial charge >= 0.3 is 0 Å². The SMILES string of the molecule is Cc1cc(Cl)c(C(Cl)c2ccccc2Br)cc1C. The van der Waals surface area contributed by atoms with Crippen LogP contribution in [0.25, 0.3) is 0 Å². The van der Waals surface area contributed by atoms with Crippen LogP contribution in [-0.4, -0.2) is 0 Å². The Labute approximate surface area is 126 Å².